The second-order valence-electron chi connectivity index (χ2n) is 4.43. The van der Waals surface area contributed by atoms with Crippen molar-refractivity contribution in [3.05, 3.63) is 40.7 Å². The van der Waals surface area contributed by atoms with Crippen LogP contribution >= 0.6 is 11.3 Å². The molecule has 0 radical (unpaired) electrons. The van der Waals surface area contributed by atoms with Gasteiger partial charge in [0.25, 0.3) is 11.8 Å². The van der Waals surface area contributed by atoms with E-state index >= 15 is 0 Å². The van der Waals surface area contributed by atoms with E-state index in [1.54, 1.807) is 33.6 Å². The molecule has 6 nitrogen and oxygen atoms in total. The standard InChI is InChI=1S/C13H13N3O3S/c17-12(10-2-1-7-19-10)15-3-5-16(6-4-15)13(18)11-8-14-9-20-11/h1-2,7-9H,3-6H2. The maximum atomic E-state index is 12.1. The number of hydrogen-bond acceptors (Lipinski definition) is 5. The Hall–Kier alpha value is -2.15. The Balaban J connectivity index is 1.60. The van der Waals surface area contributed by atoms with Gasteiger partial charge < -0.3 is 14.2 Å². The number of rotatable bonds is 2. The van der Waals surface area contributed by atoms with Crippen molar-refractivity contribution in [1.29, 1.82) is 0 Å². The molecule has 0 saturated carbocycles. The van der Waals surface area contributed by atoms with Gasteiger partial charge in [0.05, 0.1) is 18.0 Å². The van der Waals surface area contributed by atoms with Gasteiger partial charge in [-0.3, -0.25) is 14.6 Å². The van der Waals surface area contributed by atoms with Crippen LogP contribution in [0.2, 0.25) is 0 Å². The Morgan fingerprint density at radius 3 is 2.40 bits per heavy atom. The monoisotopic (exact) mass is 291 g/mol. The summed E-state index contributed by atoms with van der Waals surface area (Å²) in [4.78, 5) is 32.2. The number of amides is 2. The third kappa shape index (κ3) is 2.44. The average molecular weight is 291 g/mol. The lowest BCUT2D eigenvalue weighted by Gasteiger charge is -2.34. The number of carbonyl (C=O) groups is 2. The van der Waals surface area contributed by atoms with Gasteiger partial charge in [-0.2, -0.15) is 0 Å². The van der Waals surface area contributed by atoms with Crippen molar-refractivity contribution in [2.75, 3.05) is 26.2 Å². The maximum Gasteiger partial charge on any atom is 0.289 e. The van der Waals surface area contributed by atoms with E-state index < -0.39 is 0 Å². The summed E-state index contributed by atoms with van der Waals surface area (Å²) in [7, 11) is 0. The highest BCUT2D eigenvalue weighted by Crippen LogP contribution is 2.14. The van der Waals surface area contributed by atoms with E-state index in [0.29, 0.717) is 36.8 Å². The predicted octanol–water partition coefficient (Wildman–Crippen LogP) is 1.33. The molecule has 3 rings (SSSR count). The molecular weight excluding hydrogens is 278 g/mol. The summed E-state index contributed by atoms with van der Waals surface area (Å²) >= 11 is 1.33. The third-order valence-electron chi connectivity index (χ3n) is 3.23. The smallest absolute Gasteiger partial charge is 0.289 e. The number of carbonyl (C=O) groups excluding carboxylic acids is 2. The van der Waals surface area contributed by atoms with Crippen molar-refractivity contribution >= 4 is 23.2 Å². The molecule has 0 N–H and O–H groups in total. The Morgan fingerprint density at radius 2 is 1.85 bits per heavy atom. The normalized spacial score (nSPS) is 15.4. The summed E-state index contributed by atoms with van der Waals surface area (Å²) in [5, 5.41) is 0. The van der Waals surface area contributed by atoms with E-state index in [0.717, 1.165) is 0 Å². The fraction of sp³-hybridized carbons (Fsp3) is 0.308. The van der Waals surface area contributed by atoms with Crippen LogP contribution in [-0.2, 0) is 0 Å². The van der Waals surface area contributed by atoms with Gasteiger partial charge in [-0.15, -0.1) is 11.3 Å². The molecule has 0 aliphatic carbocycles. The molecule has 0 bridgehead atoms. The van der Waals surface area contributed by atoms with E-state index in [2.05, 4.69) is 4.98 Å². The van der Waals surface area contributed by atoms with Crippen molar-refractivity contribution in [2.24, 2.45) is 0 Å². The van der Waals surface area contributed by atoms with Crippen LogP contribution in [-0.4, -0.2) is 52.8 Å². The van der Waals surface area contributed by atoms with Crippen molar-refractivity contribution in [2.45, 2.75) is 0 Å². The SMILES string of the molecule is O=C(c1ccco1)N1CCN(C(=O)c2cncs2)CC1. The summed E-state index contributed by atoms with van der Waals surface area (Å²) < 4.78 is 5.10. The zero-order valence-corrected chi connectivity index (χ0v) is 11.5. The predicted molar refractivity (Wildman–Crippen MR) is 72.6 cm³/mol. The molecule has 2 amide bonds. The molecule has 104 valence electrons. The molecule has 0 atom stereocenters. The molecule has 1 aliphatic heterocycles. The minimum absolute atomic E-state index is 0.0161. The van der Waals surface area contributed by atoms with Gasteiger partial charge in [-0.05, 0) is 12.1 Å². The van der Waals surface area contributed by atoms with E-state index in [-0.39, 0.29) is 11.8 Å². The van der Waals surface area contributed by atoms with Crippen molar-refractivity contribution in [3.8, 4) is 0 Å². The van der Waals surface area contributed by atoms with Gasteiger partial charge in [0, 0.05) is 26.2 Å². The molecular formula is C13H13N3O3S. The number of aromatic nitrogens is 1. The van der Waals surface area contributed by atoms with Crippen LogP contribution in [0.25, 0.3) is 0 Å². The summed E-state index contributed by atoms with van der Waals surface area (Å²) in [5.41, 5.74) is 1.64. The summed E-state index contributed by atoms with van der Waals surface area (Å²) in [6.45, 7) is 2.10. The lowest BCUT2D eigenvalue weighted by molar-refractivity contribution is 0.0520. The van der Waals surface area contributed by atoms with Crippen LogP contribution in [0.5, 0.6) is 0 Å². The van der Waals surface area contributed by atoms with Gasteiger partial charge in [0.15, 0.2) is 5.76 Å². The van der Waals surface area contributed by atoms with Crippen molar-refractivity contribution in [1.82, 2.24) is 14.8 Å². The van der Waals surface area contributed by atoms with Crippen LogP contribution in [0.4, 0.5) is 0 Å². The second-order valence-corrected chi connectivity index (χ2v) is 5.31. The van der Waals surface area contributed by atoms with Crippen LogP contribution in [0.3, 0.4) is 0 Å². The molecule has 7 heteroatoms. The third-order valence-corrected chi connectivity index (χ3v) is 3.99. The first kappa shape index (κ1) is 12.9. The highest BCUT2D eigenvalue weighted by Gasteiger charge is 2.26. The molecule has 0 spiro atoms. The summed E-state index contributed by atoms with van der Waals surface area (Å²) in [5.74, 6) is 0.199. The highest BCUT2D eigenvalue weighted by molar-refractivity contribution is 7.11. The minimum atomic E-state index is -0.125. The zero-order chi connectivity index (χ0) is 13.9. The Bertz CT molecular complexity index is 532. The first-order valence-corrected chi connectivity index (χ1v) is 7.14. The Morgan fingerprint density at radius 1 is 1.15 bits per heavy atom. The number of thiazole rings is 1. The van der Waals surface area contributed by atoms with E-state index in [1.165, 1.54) is 17.6 Å². The largest absolute Gasteiger partial charge is 0.459 e. The average Bonchev–Trinajstić information content (AvgIpc) is 3.18. The topological polar surface area (TPSA) is 66.7 Å². The summed E-state index contributed by atoms with van der Waals surface area (Å²) in [6, 6.07) is 3.34. The number of furan rings is 1. The number of nitrogens with zero attached hydrogens (tertiary/aromatic N) is 3. The number of hydrogen-bond donors (Lipinski definition) is 0. The Labute approximate surface area is 119 Å². The maximum absolute atomic E-state index is 12.1. The van der Waals surface area contributed by atoms with Crippen molar-refractivity contribution in [3.63, 3.8) is 0 Å². The fourth-order valence-corrected chi connectivity index (χ4v) is 2.73. The van der Waals surface area contributed by atoms with Gasteiger partial charge in [0.1, 0.15) is 4.88 Å². The highest BCUT2D eigenvalue weighted by atomic mass is 32.1. The van der Waals surface area contributed by atoms with Gasteiger partial charge in [0.2, 0.25) is 0 Å². The molecule has 1 aliphatic rings. The Kier molecular flexibility index (Phi) is 3.51. The molecule has 0 unspecified atom stereocenters. The van der Waals surface area contributed by atoms with Gasteiger partial charge in [-0.1, -0.05) is 0 Å². The fourth-order valence-electron chi connectivity index (χ4n) is 2.15. The minimum Gasteiger partial charge on any atom is -0.459 e. The van der Waals surface area contributed by atoms with Crippen LogP contribution in [0.15, 0.2) is 34.5 Å². The molecule has 2 aromatic rings. The van der Waals surface area contributed by atoms with E-state index in [1.807, 2.05) is 0 Å². The first-order valence-electron chi connectivity index (χ1n) is 6.26. The molecule has 1 saturated heterocycles. The summed E-state index contributed by atoms with van der Waals surface area (Å²) in [6.07, 6.45) is 3.06. The number of piperazine rings is 1. The molecule has 2 aromatic heterocycles. The van der Waals surface area contributed by atoms with Crippen LogP contribution < -0.4 is 0 Å². The zero-order valence-electron chi connectivity index (χ0n) is 10.7. The molecule has 3 heterocycles. The van der Waals surface area contributed by atoms with Gasteiger partial charge >= 0.3 is 0 Å². The van der Waals surface area contributed by atoms with E-state index in [9.17, 15) is 9.59 Å². The quantitative estimate of drug-likeness (QED) is 0.837. The van der Waals surface area contributed by atoms with Crippen LogP contribution in [0.1, 0.15) is 20.2 Å². The lowest BCUT2D eigenvalue weighted by Crippen LogP contribution is -2.50. The van der Waals surface area contributed by atoms with Crippen molar-refractivity contribution < 1.29 is 14.0 Å². The molecule has 0 aromatic carbocycles. The molecule has 1 fully saturated rings. The molecule has 20 heavy (non-hydrogen) atoms. The second kappa shape index (κ2) is 5.46. The lowest BCUT2D eigenvalue weighted by atomic mass is 10.2. The first-order chi connectivity index (χ1) is 9.75. The van der Waals surface area contributed by atoms with Crippen LogP contribution in [0, 0.1) is 0 Å². The van der Waals surface area contributed by atoms with Gasteiger partial charge in [-0.25, -0.2) is 0 Å². The van der Waals surface area contributed by atoms with E-state index in [4.69, 9.17) is 4.42 Å².